The molecule has 7 heteroatoms. The summed E-state index contributed by atoms with van der Waals surface area (Å²) in [6.07, 6.45) is 0.440. The van der Waals surface area contributed by atoms with Gasteiger partial charge in [0.25, 0.3) is 0 Å². The lowest BCUT2D eigenvalue weighted by atomic mass is 10.0. The Morgan fingerprint density at radius 1 is 0.912 bits per heavy atom. The molecule has 0 radical (unpaired) electrons. The summed E-state index contributed by atoms with van der Waals surface area (Å²) in [5.41, 5.74) is 4.12. The van der Waals surface area contributed by atoms with Crippen LogP contribution in [0.4, 0.5) is 0 Å². The highest BCUT2D eigenvalue weighted by Crippen LogP contribution is 2.25. The zero-order valence-electron chi connectivity index (χ0n) is 19.3. The summed E-state index contributed by atoms with van der Waals surface area (Å²) in [6, 6.07) is 22.7. The van der Waals surface area contributed by atoms with E-state index in [1.807, 2.05) is 73.7 Å². The number of hydrogen-bond donors (Lipinski definition) is 1. The lowest BCUT2D eigenvalue weighted by Gasteiger charge is -2.31. The number of carbonyl (C=O) groups excluding carboxylic acids is 2. The molecule has 0 spiro atoms. The molecule has 0 saturated heterocycles. The van der Waals surface area contributed by atoms with Gasteiger partial charge in [0.05, 0.1) is 15.8 Å². The molecule has 0 heterocycles. The first-order valence-electron chi connectivity index (χ1n) is 11.0. The van der Waals surface area contributed by atoms with E-state index in [0.29, 0.717) is 28.8 Å². The average molecular weight is 516 g/mol. The van der Waals surface area contributed by atoms with Gasteiger partial charge in [-0.25, -0.2) is 0 Å². The van der Waals surface area contributed by atoms with Crippen LogP contribution in [0.1, 0.15) is 22.3 Å². The molecule has 0 aromatic heterocycles. The summed E-state index contributed by atoms with van der Waals surface area (Å²) < 4.78 is 0. The number of nitrogens with zero attached hydrogens (tertiary/aromatic N) is 1. The van der Waals surface area contributed by atoms with Crippen LogP contribution in [0.2, 0.25) is 10.0 Å². The SMILES string of the molecule is CNC(=O)C(Cc1ccccc1)N(Cc1ccc(C)cc1)C(=O)CSCc1ccc(Cl)c(Cl)c1. The number of benzene rings is 3. The molecule has 0 aliphatic carbocycles. The molecule has 1 N–H and O–H groups in total. The Morgan fingerprint density at radius 2 is 1.59 bits per heavy atom. The molecule has 4 nitrogen and oxygen atoms in total. The van der Waals surface area contributed by atoms with Gasteiger partial charge in [-0.2, -0.15) is 0 Å². The molecule has 0 aliphatic heterocycles. The third-order valence-corrected chi connectivity index (χ3v) is 7.20. The van der Waals surface area contributed by atoms with E-state index in [9.17, 15) is 9.59 Å². The van der Waals surface area contributed by atoms with Crippen molar-refractivity contribution >= 4 is 46.8 Å². The molecule has 1 unspecified atom stereocenters. The first kappa shape index (κ1) is 26.1. The summed E-state index contributed by atoms with van der Waals surface area (Å²) >= 11 is 13.6. The predicted octanol–water partition coefficient (Wildman–Crippen LogP) is 5.92. The fraction of sp³-hybridized carbons (Fsp3) is 0.259. The van der Waals surface area contributed by atoms with E-state index in [4.69, 9.17) is 23.2 Å². The van der Waals surface area contributed by atoms with Gasteiger partial charge in [-0.05, 0) is 35.7 Å². The standard InChI is InChI=1S/C27H28Cl2N2O2S/c1-19-8-10-21(11-9-19)16-31(25(27(33)30-2)15-20-6-4-3-5-7-20)26(32)18-34-17-22-12-13-23(28)24(29)14-22/h3-14,25H,15-18H2,1-2H3,(H,30,33). The quantitative estimate of drug-likeness (QED) is 0.365. The van der Waals surface area contributed by atoms with Gasteiger partial charge in [0, 0.05) is 25.8 Å². The minimum absolute atomic E-state index is 0.0878. The van der Waals surface area contributed by atoms with E-state index in [-0.39, 0.29) is 17.6 Å². The zero-order chi connectivity index (χ0) is 24.5. The Bertz CT molecular complexity index is 1110. The first-order chi connectivity index (χ1) is 16.4. The van der Waals surface area contributed by atoms with E-state index in [1.54, 1.807) is 18.0 Å². The number of amides is 2. The highest BCUT2D eigenvalue weighted by Gasteiger charge is 2.29. The molecule has 2 amide bonds. The smallest absolute Gasteiger partial charge is 0.242 e. The van der Waals surface area contributed by atoms with Crippen LogP contribution < -0.4 is 5.32 Å². The van der Waals surface area contributed by atoms with Crippen LogP contribution >= 0.6 is 35.0 Å². The minimum Gasteiger partial charge on any atom is -0.357 e. The van der Waals surface area contributed by atoms with Gasteiger partial charge >= 0.3 is 0 Å². The molecular weight excluding hydrogens is 487 g/mol. The topological polar surface area (TPSA) is 49.4 Å². The minimum atomic E-state index is -0.619. The third kappa shape index (κ3) is 7.52. The number of thioether (sulfide) groups is 1. The maximum Gasteiger partial charge on any atom is 0.242 e. The second-order valence-electron chi connectivity index (χ2n) is 8.07. The number of halogens is 2. The molecule has 3 rings (SSSR count). The van der Waals surface area contributed by atoms with Crippen LogP contribution in [-0.4, -0.2) is 35.6 Å². The Kier molecular flexibility index (Phi) is 9.87. The maximum atomic E-state index is 13.5. The molecule has 178 valence electrons. The molecule has 1 atom stereocenters. The van der Waals surface area contributed by atoms with Crippen LogP contribution in [0.3, 0.4) is 0 Å². The van der Waals surface area contributed by atoms with Gasteiger partial charge in [-0.1, -0.05) is 89.4 Å². The van der Waals surface area contributed by atoms with Gasteiger partial charge in [0.15, 0.2) is 0 Å². The average Bonchev–Trinajstić information content (AvgIpc) is 2.84. The summed E-state index contributed by atoms with van der Waals surface area (Å²) in [6.45, 7) is 2.38. The van der Waals surface area contributed by atoms with Crippen molar-refractivity contribution in [2.75, 3.05) is 12.8 Å². The number of carbonyl (C=O) groups is 2. The van der Waals surface area contributed by atoms with Gasteiger partial charge < -0.3 is 10.2 Å². The molecule has 0 aliphatic rings. The number of rotatable bonds is 10. The number of hydrogen-bond acceptors (Lipinski definition) is 3. The van der Waals surface area contributed by atoms with Gasteiger partial charge in [-0.3, -0.25) is 9.59 Å². The lowest BCUT2D eigenvalue weighted by Crippen LogP contribution is -2.50. The molecule has 0 bridgehead atoms. The van der Waals surface area contributed by atoms with Crippen molar-refractivity contribution < 1.29 is 9.59 Å². The Morgan fingerprint density at radius 3 is 2.24 bits per heavy atom. The summed E-state index contributed by atoms with van der Waals surface area (Å²) in [5, 5.41) is 3.74. The van der Waals surface area contributed by atoms with Gasteiger partial charge in [-0.15, -0.1) is 11.8 Å². The van der Waals surface area contributed by atoms with Gasteiger partial charge in [0.1, 0.15) is 6.04 Å². The third-order valence-electron chi connectivity index (χ3n) is 5.47. The normalized spacial score (nSPS) is 11.6. The monoisotopic (exact) mass is 514 g/mol. The van der Waals surface area contributed by atoms with Crippen LogP contribution in [0, 0.1) is 6.92 Å². The Labute approximate surface area is 215 Å². The van der Waals surface area contributed by atoms with Gasteiger partial charge in [0.2, 0.25) is 11.8 Å². The second-order valence-corrected chi connectivity index (χ2v) is 9.87. The second kappa shape index (κ2) is 12.8. The summed E-state index contributed by atoms with van der Waals surface area (Å²) in [4.78, 5) is 28.1. The molecular formula is C27H28Cl2N2O2S. The highest BCUT2D eigenvalue weighted by molar-refractivity contribution is 7.99. The van der Waals surface area contributed by atoms with Crippen LogP contribution in [-0.2, 0) is 28.3 Å². The number of nitrogens with one attached hydrogen (secondary N) is 1. The summed E-state index contributed by atoms with van der Waals surface area (Å²) in [7, 11) is 1.61. The van der Waals surface area contributed by atoms with Crippen molar-refractivity contribution in [3.05, 3.63) is 105 Å². The van der Waals surface area contributed by atoms with Crippen molar-refractivity contribution in [1.29, 1.82) is 0 Å². The Balaban J connectivity index is 1.79. The molecule has 0 fully saturated rings. The highest BCUT2D eigenvalue weighted by atomic mass is 35.5. The van der Waals surface area contributed by atoms with Crippen molar-refractivity contribution in [2.24, 2.45) is 0 Å². The van der Waals surface area contributed by atoms with Crippen LogP contribution in [0.25, 0.3) is 0 Å². The molecule has 3 aromatic rings. The summed E-state index contributed by atoms with van der Waals surface area (Å²) in [5.74, 6) is 0.590. The fourth-order valence-electron chi connectivity index (χ4n) is 3.58. The van der Waals surface area contributed by atoms with Crippen molar-refractivity contribution in [3.8, 4) is 0 Å². The largest absolute Gasteiger partial charge is 0.357 e. The van der Waals surface area contributed by atoms with Crippen molar-refractivity contribution in [3.63, 3.8) is 0 Å². The van der Waals surface area contributed by atoms with Crippen LogP contribution in [0.15, 0.2) is 72.8 Å². The van der Waals surface area contributed by atoms with E-state index in [0.717, 1.165) is 22.3 Å². The van der Waals surface area contributed by atoms with Crippen LogP contribution in [0.5, 0.6) is 0 Å². The lowest BCUT2D eigenvalue weighted by molar-refractivity contribution is -0.139. The van der Waals surface area contributed by atoms with E-state index in [1.165, 1.54) is 11.8 Å². The maximum absolute atomic E-state index is 13.5. The van der Waals surface area contributed by atoms with E-state index in [2.05, 4.69) is 5.32 Å². The fourth-order valence-corrected chi connectivity index (χ4v) is 4.76. The van der Waals surface area contributed by atoms with Crippen molar-refractivity contribution in [1.82, 2.24) is 10.2 Å². The first-order valence-corrected chi connectivity index (χ1v) is 12.9. The Hall–Kier alpha value is -2.47. The molecule has 0 saturated carbocycles. The number of likely N-dealkylation sites (N-methyl/N-ethyl adjacent to an activating group) is 1. The molecule has 34 heavy (non-hydrogen) atoms. The van der Waals surface area contributed by atoms with E-state index < -0.39 is 6.04 Å². The number of aryl methyl sites for hydroxylation is 1. The van der Waals surface area contributed by atoms with E-state index >= 15 is 0 Å². The zero-order valence-corrected chi connectivity index (χ0v) is 21.6. The predicted molar refractivity (Wildman–Crippen MR) is 142 cm³/mol. The van der Waals surface area contributed by atoms with Crippen molar-refractivity contribution in [2.45, 2.75) is 31.7 Å². The molecule has 3 aromatic carbocycles.